The molecule has 2 unspecified atom stereocenters. The Balaban J connectivity index is 2.15. The van der Waals surface area contributed by atoms with Gasteiger partial charge in [0, 0.05) is 19.5 Å². The van der Waals surface area contributed by atoms with Crippen molar-refractivity contribution in [3.05, 3.63) is 0 Å². The number of sulfonamides is 1. The van der Waals surface area contributed by atoms with Crippen LogP contribution in [0.1, 0.15) is 6.42 Å². The second-order valence-electron chi connectivity index (χ2n) is 4.25. The number of hydrogen-bond acceptors (Lipinski definition) is 5. The van der Waals surface area contributed by atoms with Gasteiger partial charge in [-0.2, -0.15) is 17.5 Å². The number of carbonyl (C=O) groups excluding carboxylic acids is 1. The highest BCUT2D eigenvalue weighted by molar-refractivity contribution is 7.90. The van der Waals surface area contributed by atoms with Crippen molar-refractivity contribution >= 4 is 16.0 Å². The van der Waals surface area contributed by atoms with Gasteiger partial charge in [0.25, 0.3) is 0 Å². The summed E-state index contributed by atoms with van der Waals surface area (Å²) in [6.45, 7) is 0.374. The van der Waals surface area contributed by atoms with Gasteiger partial charge >= 0.3 is 12.1 Å². The molecule has 0 aromatic carbocycles. The molecule has 2 atom stereocenters. The molecule has 0 spiro atoms. The van der Waals surface area contributed by atoms with E-state index in [4.69, 9.17) is 4.74 Å². The van der Waals surface area contributed by atoms with Crippen LogP contribution in [0.2, 0.25) is 0 Å². The summed E-state index contributed by atoms with van der Waals surface area (Å²) in [7, 11) is -4.13. The van der Waals surface area contributed by atoms with Crippen molar-refractivity contribution in [3.63, 3.8) is 0 Å². The maximum absolute atomic E-state index is 12.4. The van der Waals surface area contributed by atoms with E-state index >= 15 is 0 Å². The van der Waals surface area contributed by atoms with E-state index < -0.39 is 39.9 Å². The van der Waals surface area contributed by atoms with Crippen LogP contribution < -0.4 is 0 Å². The molecule has 2 aliphatic heterocycles. The molecule has 0 bridgehead atoms. The number of hydrogen-bond donors (Lipinski definition) is 0. The SMILES string of the molecule is O=C1OC(C(F)(F)F)CC1S(=O)(=O)N1CCOCC1. The third-order valence-corrected chi connectivity index (χ3v) is 5.19. The molecule has 2 fully saturated rings. The largest absolute Gasteiger partial charge is 0.452 e. The molecule has 0 N–H and O–H groups in total. The smallest absolute Gasteiger partial charge is 0.425 e. The maximum Gasteiger partial charge on any atom is 0.425 e. The summed E-state index contributed by atoms with van der Waals surface area (Å²) >= 11 is 0. The van der Waals surface area contributed by atoms with Gasteiger partial charge in [-0.3, -0.25) is 4.79 Å². The van der Waals surface area contributed by atoms with Crippen LogP contribution in [0, 0.1) is 0 Å². The molecule has 0 aliphatic carbocycles. The predicted molar refractivity (Wildman–Crippen MR) is 55.7 cm³/mol. The van der Waals surface area contributed by atoms with Crippen molar-refractivity contribution in [3.8, 4) is 0 Å². The first-order valence-corrected chi connectivity index (χ1v) is 7.07. The van der Waals surface area contributed by atoms with Crippen LogP contribution in [0.5, 0.6) is 0 Å². The molecular formula is C9H12F3NO5S. The Hall–Kier alpha value is -0.870. The van der Waals surface area contributed by atoms with E-state index in [9.17, 15) is 26.4 Å². The van der Waals surface area contributed by atoms with Crippen molar-refractivity contribution in [2.24, 2.45) is 0 Å². The lowest BCUT2D eigenvalue weighted by Gasteiger charge is -2.27. The third kappa shape index (κ3) is 2.84. The molecule has 0 aromatic rings. The molecule has 2 saturated heterocycles. The van der Waals surface area contributed by atoms with E-state index in [-0.39, 0.29) is 26.3 Å². The lowest BCUT2D eigenvalue weighted by Crippen LogP contribution is -2.46. The van der Waals surface area contributed by atoms with Crippen molar-refractivity contribution in [2.45, 2.75) is 24.0 Å². The summed E-state index contributed by atoms with van der Waals surface area (Å²) in [5, 5.41) is -1.78. The summed E-state index contributed by atoms with van der Waals surface area (Å²) in [5.74, 6) is -1.34. The molecule has 19 heavy (non-hydrogen) atoms. The Labute approximate surface area is 107 Å². The summed E-state index contributed by atoms with van der Waals surface area (Å²) in [4.78, 5) is 11.4. The number of ether oxygens (including phenoxy) is 2. The monoisotopic (exact) mass is 303 g/mol. The molecular weight excluding hydrogens is 291 g/mol. The standard InChI is InChI=1S/C9H12F3NO5S/c10-9(11,12)7-5-6(8(14)18-7)19(15,16)13-1-3-17-4-2-13/h6-7H,1-5H2. The predicted octanol–water partition coefficient (Wildman–Crippen LogP) is -0.105. The van der Waals surface area contributed by atoms with Crippen LogP contribution in [0.25, 0.3) is 0 Å². The molecule has 0 radical (unpaired) electrons. The number of carbonyl (C=O) groups is 1. The fourth-order valence-corrected chi connectivity index (χ4v) is 3.71. The Morgan fingerprint density at radius 3 is 2.26 bits per heavy atom. The van der Waals surface area contributed by atoms with Gasteiger partial charge in [0.05, 0.1) is 13.2 Å². The van der Waals surface area contributed by atoms with E-state index in [1.807, 2.05) is 0 Å². The van der Waals surface area contributed by atoms with Crippen LogP contribution in [-0.2, 0) is 24.3 Å². The van der Waals surface area contributed by atoms with E-state index in [0.29, 0.717) is 0 Å². The molecule has 110 valence electrons. The molecule has 10 heteroatoms. The van der Waals surface area contributed by atoms with E-state index in [0.717, 1.165) is 4.31 Å². The second-order valence-corrected chi connectivity index (χ2v) is 6.36. The van der Waals surface area contributed by atoms with Gasteiger partial charge < -0.3 is 9.47 Å². The summed E-state index contributed by atoms with van der Waals surface area (Å²) in [6, 6.07) is 0. The summed E-state index contributed by atoms with van der Waals surface area (Å²) in [5.41, 5.74) is 0. The van der Waals surface area contributed by atoms with Crippen LogP contribution in [0.15, 0.2) is 0 Å². The van der Waals surface area contributed by atoms with Gasteiger partial charge in [0.2, 0.25) is 10.0 Å². The maximum atomic E-state index is 12.4. The molecule has 0 aromatic heterocycles. The lowest BCUT2D eigenvalue weighted by molar-refractivity contribution is -0.209. The molecule has 2 heterocycles. The first-order chi connectivity index (χ1) is 8.73. The summed E-state index contributed by atoms with van der Waals surface area (Å²) < 4.78 is 71.5. The van der Waals surface area contributed by atoms with Gasteiger partial charge in [-0.05, 0) is 0 Å². The van der Waals surface area contributed by atoms with Gasteiger partial charge in [-0.1, -0.05) is 0 Å². The second kappa shape index (κ2) is 4.91. The van der Waals surface area contributed by atoms with Gasteiger partial charge in [-0.15, -0.1) is 0 Å². The average molecular weight is 303 g/mol. The number of nitrogens with zero attached hydrogens (tertiary/aromatic N) is 1. The number of rotatable bonds is 2. The molecule has 2 aliphatic rings. The van der Waals surface area contributed by atoms with Crippen molar-refractivity contribution < 1.29 is 35.9 Å². The molecule has 2 rings (SSSR count). The van der Waals surface area contributed by atoms with E-state index in [2.05, 4.69) is 4.74 Å². The van der Waals surface area contributed by atoms with Crippen molar-refractivity contribution in [2.75, 3.05) is 26.3 Å². The normalized spacial score (nSPS) is 30.4. The number of alkyl halides is 3. The Bertz CT molecular complexity index is 457. The Morgan fingerprint density at radius 1 is 1.21 bits per heavy atom. The van der Waals surface area contributed by atoms with Crippen molar-refractivity contribution in [1.29, 1.82) is 0 Å². The van der Waals surface area contributed by atoms with Gasteiger partial charge in [0.1, 0.15) is 0 Å². The first kappa shape index (κ1) is 14.5. The Kier molecular flexibility index (Phi) is 3.76. The zero-order chi connectivity index (χ0) is 14.3. The number of esters is 1. The lowest BCUT2D eigenvalue weighted by atomic mass is 10.2. The number of halogens is 3. The highest BCUT2D eigenvalue weighted by Crippen LogP contribution is 2.34. The minimum Gasteiger partial charge on any atom is -0.452 e. The topological polar surface area (TPSA) is 72.9 Å². The zero-order valence-corrected chi connectivity index (χ0v) is 10.5. The summed E-state index contributed by atoms with van der Waals surface area (Å²) in [6.07, 6.45) is -7.98. The highest BCUT2D eigenvalue weighted by Gasteiger charge is 2.55. The van der Waals surface area contributed by atoms with Gasteiger partial charge in [0.15, 0.2) is 11.4 Å². The first-order valence-electron chi connectivity index (χ1n) is 5.57. The highest BCUT2D eigenvalue weighted by atomic mass is 32.2. The van der Waals surface area contributed by atoms with Crippen LogP contribution >= 0.6 is 0 Å². The van der Waals surface area contributed by atoms with Gasteiger partial charge in [-0.25, -0.2) is 8.42 Å². The minimum absolute atomic E-state index is 0.0306. The van der Waals surface area contributed by atoms with Crippen LogP contribution in [0.3, 0.4) is 0 Å². The number of morpholine rings is 1. The molecule has 0 saturated carbocycles. The van der Waals surface area contributed by atoms with E-state index in [1.165, 1.54) is 0 Å². The average Bonchev–Trinajstić information content (AvgIpc) is 2.73. The quantitative estimate of drug-likeness (QED) is 0.666. The third-order valence-electron chi connectivity index (χ3n) is 3.00. The van der Waals surface area contributed by atoms with Crippen molar-refractivity contribution in [1.82, 2.24) is 4.31 Å². The molecule has 0 amide bonds. The van der Waals surface area contributed by atoms with Crippen LogP contribution in [-0.4, -0.2) is 62.5 Å². The fraction of sp³-hybridized carbons (Fsp3) is 0.889. The fourth-order valence-electron chi connectivity index (χ4n) is 1.98. The number of cyclic esters (lactones) is 1. The van der Waals surface area contributed by atoms with E-state index in [1.54, 1.807) is 0 Å². The van der Waals surface area contributed by atoms with Crippen LogP contribution in [0.4, 0.5) is 13.2 Å². The molecule has 6 nitrogen and oxygen atoms in total. The minimum atomic E-state index is -4.75. The Morgan fingerprint density at radius 2 is 1.79 bits per heavy atom. The zero-order valence-electron chi connectivity index (χ0n) is 9.72.